The van der Waals surface area contributed by atoms with Gasteiger partial charge >= 0.3 is 0 Å². The molecule has 0 aliphatic rings. The van der Waals surface area contributed by atoms with Crippen molar-refractivity contribution in [2.75, 3.05) is 20.3 Å². The summed E-state index contributed by atoms with van der Waals surface area (Å²) in [6, 6.07) is 5.22. The van der Waals surface area contributed by atoms with Crippen LogP contribution < -0.4 is 5.73 Å². The molecule has 0 radical (unpaired) electrons. The van der Waals surface area contributed by atoms with Gasteiger partial charge in [0, 0.05) is 37.4 Å². The Balaban J connectivity index is 2.95. The molecule has 1 aromatic rings. The minimum absolute atomic E-state index is 0.219. The number of hydrogen-bond donors (Lipinski definition) is 1. The first-order valence-corrected chi connectivity index (χ1v) is 7.75. The van der Waals surface area contributed by atoms with Gasteiger partial charge in [-0.05, 0) is 31.0 Å². The van der Waals surface area contributed by atoms with Crippen molar-refractivity contribution in [1.29, 1.82) is 0 Å². The smallest absolute Gasteiger partial charge is 0.127 e. The van der Waals surface area contributed by atoms with Crippen LogP contribution in [0, 0.1) is 5.82 Å². The Bertz CT molecular complexity index is 464. The number of methoxy groups -OCH3 is 1. The second-order valence-corrected chi connectivity index (χ2v) is 5.54. The van der Waals surface area contributed by atoms with Gasteiger partial charge in [-0.25, -0.2) is 4.39 Å². The highest BCUT2D eigenvalue weighted by Crippen LogP contribution is 2.17. The molecule has 21 heavy (non-hydrogen) atoms. The summed E-state index contributed by atoms with van der Waals surface area (Å²) in [6.45, 7) is 6.25. The average molecular weight is 312 g/mol. The number of hydrogen-bond acceptors (Lipinski definition) is 3. The Morgan fingerprint density at radius 2 is 2.05 bits per heavy atom. The molecule has 0 bridgehead atoms. The molecule has 0 saturated heterocycles. The fraction of sp³-hybridized carbons (Fsp3) is 0.562. The number of rotatable bonds is 9. The lowest BCUT2D eigenvalue weighted by molar-refractivity contribution is 0.109. The van der Waals surface area contributed by atoms with Crippen LogP contribution >= 0.6 is 12.2 Å². The van der Waals surface area contributed by atoms with E-state index in [0.29, 0.717) is 35.3 Å². The zero-order chi connectivity index (χ0) is 15.8. The minimum Gasteiger partial charge on any atom is -0.389 e. The van der Waals surface area contributed by atoms with Crippen molar-refractivity contribution in [3.63, 3.8) is 0 Å². The predicted octanol–water partition coefficient (Wildman–Crippen LogP) is 3.10. The summed E-state index contributed by atoms with van der Waals surface area (Å²) >= 11 is 4.97. The zero-order valence-corrected chi connectivity index (χ0v) is 13.9. The first-order chi connectivity index (χ1) is 10.0. The summed E-state index contributed by atoms with van der Waals surface area (Å²) in [5.74, 6) is -0.219. The van der Waals surface area contributed by atoms with Crippen LogP contribution in [0.2, 0.25) is 0 Å². The summed E-state index contributed by atoms with van der Waals surface area (Å²) in [7, 11) is 1.68. The van der Waals surface area contributed by atoms with E-state index in [1.54, 1.807) is 19.2 Å². The maximum atomic E-state index is 14.0. The van der Waals surface area contributed by atoms with Crippen LogP contribution in [0.15, 0.2) is 18.2 Å². The predicted molar refractivity (Wildman–Crippen MR) is 88.9 cm³/mol. The summed E-state index contributed by atoms with van der Waals surface area (Å²) in [5.41, 5.74) is 6.97. The minimum atomic E-state index is -0.219. The van der Waals surface area contributed by atoms with Gasteiger partial charge in [0.15, 0.2) is 0 Å². The molecule has 1 rings (SSSR count). The van der Waals surface area contributed by atoms with E-state index in [1.165, 1.54) is 6.07 Å². The molecule has 3 nitrogen and oxygen atoms in total. The molecule has 2 N–H and O–H groups in total. The molecule has 0 heterocycles. The maximum absolute atomic E-state index is 14.0. The summed E-state index contributed by atoms with van der Waals surface area (Å²) in [6.07, 6.45) is 2.05. The number of benzene rings is 1. The van der Waals surface area contributed by atoms with E-state index >= 15 is 0 Å². The number of halogens is 1. The molecule has 1 aromatic carbocycles. The lowest BCUT2D eigenvalue weighted by atomic mass is 10.1. The molecule has 0 fully saturated rings. The first kappa shape index (κ1) is 18.0. The van der Waals surface area contributed by atoms with E-state index < -0.39 is 0 Å². The molecule has 0 spiro atoms. The Hall–Kier alpha value is -1.04. The zero-order valence-electron chi connectivity index (χ0n) is 13.1. The van der Waals surface area contributed by atoms with Gasteiger partial charge < -0.3 is 10.5 Å². The first-order valence-electron chi connectivity index (χ1n) is 7.34. The Morgan fingerprint density at radius 1 is 1.38 bits per heavy atom. The SMILES string of the molecule is CCC(CC)N(CCOC)Cc1cc(C(N)=S)ccc1F. The summed E-state index contributed by atoms with van der Waals surface area (Å²) in [4.78, 5) is 2.55. The van der Waals surface area contributed by atoms with Crippen molar-refractivity contribution >= 4 is 17.2 Å². The molecule has 118 valence electrons. The molecule has 0 aliphatic carbocycles. The van der Waals surface area contributed by atoms with Gasteiger partial charge in [-0.3, -0.25) is 4.90 Å². The van der Waals surface area contributed by atoms with E-state index in [-0.39, 0.29) is 5.82 Å². The van der Waals surface area contributed by atoms with Crippen molar-refractivity contribution in [2.45, 2.75) is 39.3 Å². The van der Waals surface area contributed by atoms with Crippen molar-refractivity contribution in [1.82, 2.24) is 4.90 Å². The lowest BCUT2D eigenvalue weighted by Crippen LogP contribution is -2.36. The summed E-state index contributed by atoms with van der Waals surface area (Å²) in [5, 5.41) is 0. The van der Waals surface area contributed by atoms with Crippen LogP contribution in [-0.4, -0.2) is 36.2 Å². The Morgan fingerprint density at radius 3 is 2.57 bits per heavy atom. The van der Waals surface area contributed by atoms with Crippen LogP contribution in [0.25, 0.3) is 0 Å². The molecule has 0 atom stereocenters. The van der Waals surface area contributed by atoms with E-state index in [0.717, 1.165) is 19.4 Å². The number of nitrogens with zero attached hydrogens (tertiary/aromatic N) is 1. The van der Waals surface area contributed by atoms with Crippen molar-refractivity contribution < 1.29 is 9.13 Å². The monoisotopic (exact) mass is 312 g/mol. The molecule has 0 saturated carbocycles. The second kappa shape index (κ2) is 9.07. The Labute approximate surface area is 132 Å². The van der Waals surface area contributed by atoms with Crippen LogP contribution in [0.1, 0.15) is 37.8 Å². The summed E-state index contributed by atoms with van der Waals surface area (Å²) < 4.78 is 19.2. The lowest BCUT2D eigenvalue weighted by Gasteiger charge is -2.30. The third-order valence-corrected chi connectivity index (χ3v) is 3.98. The van der Waals surface area contributed by atoms with E-state index in [9.17, 15) is 4.39 Å². The van der Waals surface area contributed by atoms with Crippen LogP contribution in [0.3, 0.4) is 0 Å². The van der Waals surface area contributed by atoms with E-state index in [2.05, 4.69) is 18.7 Å². The fourth-order valence-electron chi connectivity index (χ4n) is 2.47. The largest absolute Gasteiger partial charge is 0.389 e. The topological polar surface area (TPSA) is 38.5 Å². The van der Waals surface area contributed by atoms with Gasteiger partial charge in [-0.2, -0.15) is 0 Å². The van der Waals surface area contributed by atoms with Gasteiger partial charge in [-0.1, -0.05) is 26.1 Å². The molecular formula is C16H25FN2OS. The molecule has 0 amide bonds. The highest BCUT2D eigenvalue weighted by molar-refractivity contribution is 7.80. The molecular weight excluding hydrogens is 287 g/mol. The van der Waals surface area contributed by atoms with Crippen molar-refractivity contribution in [3.05, 3.63) is 35.1 Å². The van der Waals surface area contributed by atoms with Crippen LogP contribution in [0.5, 0.6) is 0 Å². The fourth-order valence-corrected chi connectivity index (χ4v) is 2.60. The van der Waals surface area contributed by atoms with Crippen LogP contribution in [0.4, 0.5) is 4.39 Å². The maximum Gasteiger partial charge on any atom is 0.127 e. The molecule has 0 aliphatic heterocycles. The standard InChI is InChI=1S/C16H25FN2OS/c1-4-14(5-2)19(8-9-20-3)11-13-10-12(16(18)21)6-7-15(13)17/h6-7,10,14H,4-5,8-9,11H2,1-3H3,(H2,18,21). The Kier molecular flexibility index (Phi) is 7.78. The molecule has 0 aromatic heterocycles. The average Bonchev–Trinajstić information content (AvgIpc) is 2.47. The van der Waals surface area contributed by atoms with Gasteiger partial charge in [0.1, 0.15) is 10.8 Å². The normalized spacial score (nSPS) is 11.3. The number of nitrogens with two attached hydrogens (primary N) is 1. The van der Waals surface area contributed by atoms with Crippen molar-refractivity contribution in [2.24, 2.45) is 5.73 Å². The third-order valence-electron chi connectivity index (χ3n) is 3.75. The van der Waals surface area contributed by atoms with Gasteiger partial charge in [-0.15, -0.1) is 0 Å². The van der Waals surface area contributed by atoms with E-state index in [4.69, 9.17) is 22.7 Å². The van der Waals surface area contributed by atoms with Gasteiger partial charge in [0.05, 0.1) is 6.61 Å². The highest BCUT2D eigenvalue weighted by Gasteiger charge is 2.17. The third kappa shape index (κ3) is 5.34. The molecule has 0 unspecified atom stereocenters. The molecule has 5 heteroatoms. The van der Waals surface area contributed by atoms with Gasteiger partial charge in [0.25, 0.3) is 0 Å². The van der Waals surface area contributed by atoms with E-state index in [1.807, 2.05) is 0 Å². The second-order valence-electron chi connectivity index (χ2n) is 5.10. The number of thiocarbonyl (C=S) groups is 1. The van der Waals surface area contributed by atoms with Crippen LogP contribution in [-0.2, 0) is 11.3 Å². The highest BCUT2D eigenvalue weighted by atomic mass is 32.1. The quantitative estimate of drug-likeness (QED) is 0.711. The van der Waals surface area contributed by atoms with Gasteiger partial charge in [0.2, 0.25) is 0 Å². The van der Waals surface area contributed by atoms with Crippen molar-refractivity contribution in [3.8, 4) is 0 Å². The number of ether oxygens (including phenoxy) is 1.